The maximum Gasteiger partial charge on any atom is 0.405 e. The highest BCUT2D eigenvalue weighted by molar-refractivity contribution is 6.30. The van der Waals surface area contributed by atoms with Crippen LogP contribution in [0.25, 0.3) is 0 Å². The van der Waals surface area contributed by atoms with Crippen LogP contribution < -0.4 is 26.0 Å². The summed E-state index contributed by atoms with van der Waals surface area (Å²) >= 11 is 5.72. The number of ether oxygens (including phenoxy) is 1. The molecule has 0 aliphatic heterocycles. The Morgan fingerprint density at radius 1 is 0.809 bits per heavy atom. The first kappa shape index (κ1) is 38.8. The fraction of sp³-hybridized carbons (Fsp3) is 0.414. The fourth-order valence-corrected chi connectivity index (χ4v) is 4.09. The van der Waals surface area contributed by atoms with Crippen LogP contribution in [0.3, 0.4) is 0 Å². The Morgan fingerprint density at radius 2 is 1.40 bits per heavy atom. The van der Waals surface area contributed by atoms with E-state index < -0.39 is 83.6 Å². The van der Waals surface area contributed by atoms with Crippen LogP contribution in [0.15, 0.2) is 48.5 Å². The molecule has 0 saturated carbocycles. The summed E-state index contributed by atoms with van der Waals surface area (Å²) in [6.07, 6.45) is -5.06. The standard InChI is InChI=1S/C29H30ClF7N4O6/c1-14(2)20(22(42)29(36,37)25(45)38-13-27(31,32)33)40-24(44)21(16-8-10-19(47-4)11-9-16)41-23(43)15(3)39-26(46)28(34,35)17-6-5-7-18(30)12-17/h5-12,14-15,20-21H,13H2,1-4H3,(H,38,45)(H,39,46)(H,40,44)(H,41,43)/t15?,20-,21?/m0/s1. The van der Waals surface area contributed by atoms with Gasteiger partial charge in [0.05, 0.1) is 13.2 Å². The monoisotopic (exact) mass is 698 g/mol. The lowest BCUT2D eigenvalue weighted by Crippen LogP contribution is -2.58. The van der Waals surface area contributed by atoms with Crippen molar-refractivity contribution in [3.8, 4) is 5.75 Å². The largest absolute Gasteiger partial charge is 0.497 e. The number of alkyl halides is 7. The summed E-state index contributed by atoms with van der Waals surface area (Å²) in [5.41, 5.74) is -0.817. The number of hydrogen-bond acceptors (Lipinski definition) is 6. The summed E-state index contributed by atoms with van der Waals surface area (Å²) < 4.78 is 101. The first-order valence-electron chi connectivity index (χ1n) is 13.6. The summed E-state index contributed by atoms with van der Waals surface area (Å²) in [5, 5.41) is 6.80. The van der Waals surface area contributed by atoms with Crippen molar-refractivity contribution in [2.75, 3.05) is 13.7 Å². The van der Waals surface area contributed by atoms with Crippen LogP contribution in [0.4, 0.5) is 30.7 Å². The second-order valence-electron chi connectivity index (χ2n) is 10.5. The zero-order valence-electron chi connectivity index (χ0n) is 25.1. The number of Topliss-reactive ketones (excluding diaryl/α,β-unsaturated/α-hetero) is 1. The highest BCUT2D eigenvalue weighted by Gasteiger charge is 2.52. The third kappa shape index (κ3) is 10.3. The first-order chi connectivity index (χ1) is 21.6. The fourth-order valence-electron chi connectivity index (χ4n) is 3.90. The average Bonchev–Trinajstić information content (AvgIpc) is 2.99. The lowest BCUT2D eigenvalue weighted by molar-refractivity contribution is -0.165. The van der Waals surface area contributed by atoms with Crippen molar-refractivity contribution in [2.24, 2.45) is 5.92 Å². The van der Waals surface area contributed by atoms with Gasteiger partial charge in [-0.05, 0) is 42.7 Å². The second kappa shape index (κ2) is 15.5. The number of benzene rings is 2. The number of amides is 4. The number of carbonyl (C=O) groups excluding carboxylic acids is 5. The number of halogens is 8. The Morgan fingerprint density at radius 3 is 1.91 bits per heavy atom. The van der Waals surface area contributed by atoms with Gasteiger partial charge in [0.2, 0.25) is 17.6 Å². The highest BCUT2D eigenvalue weighted by Crippen LogP contribution is 2.30. The van der Waals surface area contributed by atoms with Crippen molar-refractivity contribution >= 4 is 41.0 Å². The number of carbonyl (C=O) groups is 5. The normalized spacial score (nSPS) is 14.0. The van der Waals surface area contributed by atoms with E-state index >= 15 is 0 Å². The lowest BCUT2D eigenvalue weighted by Gasteiger charge is -2.28. The van der Waals surface area contributed by atoms with Gasteiger partial charge in [0.25, 0.3) is 11.8 Å². The Hall–Kier alpha value is -4.41. The van der Waals surface area contributed by atoms with Crippen LogP contribution in [0, 0.1) is 5.92 Å². The van der Waals surface area contributed by atoms with E-state index in [1.807, 2.05) is 10.6 Å². The molecule has 47 heavy (non-hydrogen) atoms. The zero-order chi connectivity index (χ0) is 35.9. The molecule has 0 aliphatic carbocycles. The highest BCUT2D eigenvalue weighted by atomic mass is 35.5. The zero-order valence-corrected chi connectivity index (χ0v) is 25.9. The molecule has 0 fully saturated rings. The van der Waals surface area contributed by atoms with Gasteiger partial charge in [-0.25, -0.2) is 0 Å². The third-order valence-corrected chi connectivity index (χ3v) is 6.74. The van der Waals surface area contributed by atoms with Crippen molar-refractivity contribution in [1.29, 1.82) is 0 Å². The molecule has 0 heterocycles. The summed E-state index contributed by atoms with van der Waals surface area (Å²) in [6.45, 7) is 1.22. The van der Waals surface area contributed by atoms with Crippen molar-refractivity contribution < 1.29 is 59.4 Å². The topological polar surface area (TPSA) is 143 Å². The summed E-state index contributed by atoms with van der Waals surface area (Å²) in [7, 11) is 1.31. The van der Waals surface area contributed by atoms with Gasteiger partial charge in [0.15, 0.2) is 0 Å². The number of nitrogens with one attached hydrogen (secondary N) is 4. The quantitative estimate of drug-likeness (QED) is 0.175. The summed E-state index contributed by atoms with van der Waals surface area (Å²) in [4.78, 5) is 63.4. The Kier molecular flexibility index (Phi) is 12.7. The van der Waals surface area contributed by atoms with Gasteiger partial charge in [-0.15, -0.1) is 0 Å². The molecule has 2 aromatic carbocycles. The number of methoxy groups -OCH3 is 1. The van der Waals surface area contributed by atoms with Gasteiger partial charge in [-0.3, -0.25) is 24.0 Å². The minimum atomic E-state index is -5.06. The van der Waals surface area contributed by atoms with Crippen LogP contribution in [0.1, 0.15) is 37.9 Å². The first-order valence-corrected chi connectivity index (χ1v) is 14.0. The van der Waals surface area contributed by atoms with Gasteiger partial charge in [-0.2, -0.15) is 30.7 Å². The average molecular weight is 699 g/mol. The lowest BCUT2D eigenvalue weighted by atomic mass is 9.94. The Bertz CT molecular complexity index is 1470. The summed E-state index contributed by atoms with van der Waals surface area (Å²) in [6, 6.07) is 3.71. The van der Waals surface area contributed by atoms with E-state index in [4.69, 9.17) is 16.3 Å². The SMILES string of the molecule is COc1ccc(C(NC(=O)C(C)NC(=O)C(F)(F)c2cccc(Cl)c2)C(=O)N[C@H](C(=O)C(F)(F)C(=O)NCC(F)(F)F)C(C)C)cc1. The molecule has 2 unspecified atom stereocenters. The molecule has 2 rings (SSSR count). The number of ketones is 1. The van der Waals surface area contributed by atoms with E-state index in [2.05, 4.69) is 5.32 Å². The molecule has 0 aliphatic rings. The van der Waals surface area contributed by atoms with Crippen LogP contribution in [0.5, 0.6) is 5.75 Å². The number of hydrogen-bond donors (Lipinski definition) is 4. The van der Waals surface area contributed by atoms with Crippen molar-refractivity contribution in [3.05, 3.63) is 64.7 Å². The Labute approximate surface area is 268 Å². The molecule has 10 nitrogen and oxygen atoms in total. The maximum absolute atomic E-state index is 14.8. The molecule has 0 spiro atoms. The minimum absolute atomic E-state index is 0.0379. The molecule has 18 heteroatoms. The molecule has 0 bridgehead atoms. The Balaban J connectivity index is 2.33. The second-order valence-corrected chi connectivity index (χ2v) is 10.9. The van der Waals surface area contributed by atoms with E-state index in [0.717, 1.165) is 24.4 Å². The molecular formula is C29H30ClF7N4O6. The van der Waals surface area contributed by atoms with Gasteiger partial charge in [0, 0.05) is 10.6 Å². The van der Waals surface area contributed by atoms with Gasteiger partial charge >= 0.3 is 18.0 Å². The van der Waals surface area contributed by atoms with Crippen LogP contribution >= 0.6 is 11.6 Å². The molecule has 2 aromatic rings. The van der Waals surface area contributed by atoms with E-state index in [0.29, 0.717) is 0 Å². The van der Waals surface area contributed by atoms with Gasteiger partial charge in [0.1, 0.15) is 24.4 Å². The van der Waals surface area contributed by atoms with E-state index in [1.165, 1.54) is 57.4 Å². The van der Waals surface area contributed by atoms with E-state index in [1.54, 1.807) is 0 Å². The molecule has 0 aromatic heterocycles. The third-order valence-electron chi connectivity index (χ3n) is 6.50. The van der Waals surface area contributed by atoms with Crippen LogP contribution in [0.2, 0.25) is 5.02 Å². The molecule has 4 amide bonds. The van der Waals surface area contributed by atoms with Crippen molar-refractivity contribution in [2.45, 2.75) is 56.9 Å². The van der Waals surface area contributed by atoms with E-state index in [-0.39, 0.29) is 16.3 Å². The van der Waals surface area contributed by atoms with Gasteiger partial charge < -0.3 is 26.0 Å². The molecule has 0 radical (unpaired) electrons. The van der Waals surface area contributed by atoms with Crippen molar-refractivity contribution in [3.63, 3.8) is 0 Å². The molecular weight excluding hydrogens is 669 g/mol. The van der Waals surface area contributed by atoms with Crippen LogP contribution in [-0.4, -0.2) is 67.2 Å². The predicted octanol–water partition coefficient (Wildman–Crippen LogP) is 3.83. The smallest absolute Gasteiger partial charge is 0.405 e. The molecule has 4 N–H and O–H groups in total. The molecule has 0 saturated heterocycles. The van der Waals surface area contributed by atoms with Gasteiger partial charge in [-0.1, -0.05) is 49.7 Å². The van der Waals surface area contributed by atoms with Crippen LogP contribution in [-0.2, 0) is 29.9 Å². The van der Waals surface area contributed by atoms with Crippen molar-refractivity contribution in [1.82, 2.24) is 21.3 Å². The molecule has 258 valence electrons. The van der Waals surface area contributed by atoms with E-state index in [9.17, 15) is 54.7 Å². The summed E-state index contributed by atoms with van der Waals surface area (Å²) in [5.74, 6) is -19.3. The number of rotatable bonds is 14. The maximum atomic E-state index is 14.8. The minimum Gasteiger partial charge on any atom is -0.497 e. The predicted molar refractivity (Wildman–Crippen MR) is 153 cm³/mol. The molecule has 3 atom stereocenters.